The summed E-state index contributed by atoms with van der Waals surface area (Å²) in [7, 11) is 0. The minimum atomic E-state index is -4.39. The highest BCUT2D eigenvalue weighted by atomic mass is 32.2. The van der Waals surface area contributed by atoms with Gasteiger partial charge >= 0.3 is 6.18 Å². The molecule has 3 rings (SSSR count). The van der Waals surface area contributed by atoms with Crippen molar-refractivity contribution in [2.24, 2.45) is 0 Å². The molecule has 9 heteroatoms. The molecule has 0 radical (unpaired) electrons. The van der Waals surface area contributed by atoms with E-state index in [0.717, 1.165) is 30.8 Å². The van der Waals surface area contributed by atoms with Crippen molar-refractivity contribution in [2.75, 3.05) is 5.32 Å². The molecule has 1 aliphatic rings. The second-order valence-corrected chi connectivity index (χ2v) is 7.26. The summed E-state index contributed by atoms with van der Waals surface area (Å²) in [6.45, 7) is 3.60. The summed E-state index contributed by atoms with van der Waals surface area (Å²) in [5, 5.41) is 11.0. The fourth-order valence-corrected chi connectivity index (χ4v) is 3.35. The fraction of sp³-hybridized carbons (Fsp3) is 0.438. The third kappa shape index (κ3) is 4.15. The van der Waals surface area contributed by atoms with E-state index < -0.39 is 17.0 Å². The molecule has 1 N–H and O–H groups in total. The zero-order valence-electron chi connectivity index (χ0n) is 13.7. The quantitative estimate of drug-likeness (QED) is 0.807. The Kier molecular flexibility index (Phi) is 4.77. The molecule has 1 fully saturated rings. The van der Waals surface area contributed by atoms with Gasteiger partial charge in [0.2, 0.25) is 5.91 Å². The minimum Gasteiger partial charge on any atom is -0.325 e. The second kappa shape index (κ2) is 6.70. The summed E-state index contributed by atoms with van der Waals surface area (Å²) in [6, 6.07) is 4.79. The Hall–Kier alpha value is -2.03. The average molecular weight is 370 g/mol. The van der Waals surface area contributed by atoms with Crippen molar-refractivity contribution in [1.29, 1.82) is 0 Å². The van der Waals surface area contributed by atoms with Gasteiger partial charge in [-0.1, -0.05) is 11.8 Å². The molecule has 0 spiro atoms. The predicted molar refractivity (Wildman–Crippen MR) is 88.4 cm³/mol. The van der Waals surface area contributed by atoms with Gasteiger partial charge in [-0.3, -0.25) is 4.79 Å². The van der Waals surface area contributed by atoms with Crippen molar-refractivity contribution in [3.05, 3.63) is 35.7 Å². The monoisotopic (exact) mass is 370 g/mol. The summed E-state index contributed by atoms with van der Waals surface area (Å²) in [5.41, 5.74) is -0.425. The van der Waals surface area contributed by atoms with E-state index in [1.165, 1.54) is 23.9 Å². The molecule has 1 atom stereocenters. The molecular weight excluding hydrogens is 353 g/mol. The number of nitrogens with zero attached hydrogens (tertiary/aromatic N) is 3. The van der Waals surface area contributed by atoms with Gasteiger partial charge in [-0.25, -0.2) is 0 Å². The van der Waals surface area contributed by atoms with E-state index in [1.54, 1.807) is 6.92 Å². The van der Waals surface area contributed by atoms with E-state index in [2.05, 4.69) is 15.5 Å². The maximum absolute atomic E-state index is 12.6. The molecule has 0 aliphatic heterocycles. The first-order valence-electron chi connectivity index (χ1n) is 7.82. The minimum absolute atomic E-state index is 0.298. The SMILES string of the molecule is Cc1nnc(S[C@H](C)C(=O)Nc2ccc(C(F)(F)F)cc2)n1C1CC1. The van der Waals surface area contributed by atoms with Crippen LogP contribution in [0.25, 0.3) is 0 Å². The summed E-state index contributed by atoms with van der Waals surface area (Å²) in [6.07, 6.45) is -2.23. The highest BCUT2D eigenvalue weighted by Gasteiger charge is 2.31. The topological polar surface area (TPSA) is 59.8 Å². The van der Waals surface area contributed by atoms with Crippen molar-refractivity contribution in [3.8, 4) is 0 Å². The molecule has 1 aliphatic carbocycles. The number of hydrogen-bond donors (Lipinski definition) is 1. The zero-order chi connectivity index (χ0) is 18.2. The van der Waals surface area contributed by atoms with Crippen molar-refractivity contribution in [3.63, 3.8) is 0 Å². The predicted octanol–water partition coefficient (Wildman–Crippen LogP) is 4.06. The molecule has 0 saturated heterocycles. The normalized spacial score (nSPS) is 15.9. The Balaban J connectivity index is 1.63. The van der Waals surface area contributed by atoms with Crippen LogP contribution in [0.3, 0.4) is 0 Å². The number of nitrogens with one attached hydrogen (secondary N) is 1. The Bertz CT molecular complexity index is 769. The largest absolute Gasteiger partial charge is 0.416 e. The Morgan fingerprint density at radius 2 is 1.92 bits per heavy atom. The maximum Gasteiger partial charge on any atom is 0.416 e. The van der Waals surface area contributed by atoms with Gasteiger partial charge in [0, 0.05) is 11.7 Å². The Labute approximate surface area is 147 Å². The first kappa shape index (κ1) is 17.8. The van der Waals surface area contributed by atoms with E-state index in [4.69, 9.17) is 0 Å². The lowest BCUT2D eigenvalue weighted by molar-refractivity contribution is -0.137. The van der Waals surface area contributed by atoms with E-state index in [0.29, 0.717) is 16.9 Å². The van der Waals surface area contributed by atoms with Crippen LogP contribution >= 0.6 is 11.8 Å². The van der Waals surface area contributed by atoms with Gasteiger partial charge in [-0.05, 0) is 51.0 Å². The molecule has 1 aromatic carbocycles. The van der Waals surface area contributed by atoms with E-state index >= 15 is 0 Å². The number of benzene rings is 1. The van der Waals surface area contributed by atoms with E-state index in [-0.39, 0.29) is 5.91 Å². The second-order valence-electron chi connectivity index (χ2n) is 5.96. The lowest BCUT2D eigenvalue weighted by atomic mass is 10.2. The molecular formula is C16H17F3N4OS. The first-order valence-corrected chi connectivity index (χ1v) is 8.70. The fourth-order valence-electron chi connectivity index (χ4n) is 2.38. The van der Waals surface area contributed by atoms with Gasteiger partial charge in [-0.15, -0.1) is 10.2 Å². The summed E-state index contributed by atoms with van der Waals surface area (Å²) in [4.78, 5) is 12.3. The summed E-state index contributed by atoms with van der Waals surface area (Å²) < 4.78 is 39.7. The van der Waals surface area contributed by atoms with E-state index in [1.807, 2.05) is 11.5 Å². The van der Waals surface area contributed by atoms with Crippen molar-refractivity contribution in [2.45, 2.75) is 49.3 Å². The smallest absolute Gasteiger partial charge is 0.325 e. The highest BCUT2D eigenvalue weighted by molar-refractivity contribution is 8.00. The number of anilines is 1. The first-order chi connectivity index (χ1) is 11.8. The van der Waals surface area contributed by atoms with Crippen molar-refractivity contribution in [1.82, 2.24) is 14.8 Å². The maximum atomic E-state index is 12.6. The number of amides is 1. The van der Waals surface area contributed by atoms with Crippen LogP contribution in [0.5, 0.6) is 0 Å². The number of rotatable bonds is 5. The number of carbonyl (C=O) groups excluding carboxylic acids is 1. The molecule has 1 saturated carbocycles. The van der Waals surface area contributed by atoms with Crippen LogP contribution in [0.1, 0.15) is 37.2 Å². The lowest BCUT2D eigenvalue weighted by Crippen LogP contribution is -2.23. The van der Waals surface area contributed by atoms with Crippen LogP contribution in [0, 0.1) is 6.92 Å². The molecule has 1 heterocycles. The molecule has 25 heavy (non-hydrogen) atoms. The zero-order valence-corrected chi connectivity index (χ0v) is 14.5. The molecule has 134 valence electrons. The van der Waals surface area contributed by atoms with Crippen LogP contribution in [-0.4, -0.2) is 25.9 Å². The number of carbonyl (C=O) groups is 1. The van der Waals surface area contributed by atoms with Gasteiger partial charge in [0.1, 0.15) is 5.82 Å². The van der Waals surface area contributed by atoms with Crippen molar-refractivity contribution < 1.29 is 18.0 Å². The van der Waals surface area contributed by atoms with Gasteiger partial charge in [0.05, 0.1) is 10.8 Å². The lowest BCUT2D eigenvalue weighted by Gasteiger charge is -2.13. The number of hydrogen-bond acceptors (Lipinski definition) is 4. The summed E-state index contributed by atoms with van der Waals surface area (Å²) in [5.74, 6) is 0.521. The standard InChI is InChI=1S/C16H17F3N4OS/c1-9(25-15-22-21-10(2)23(15)13-7-8-13)14(24)20-12-5-3-11(4-6-12)16(17,18)19/h3-6,9,13H,7-8H2,1-2H3,(H,20,24)/t9-/m1/s1. The number of aromatic nitrogens is 3. The molecule has 1 amide bonds. The number of thioether (sulfide) groups is 1. The van der Waals surface area contributed by atoms with Crippen LogP contribution in [0.2, 0.25) is 0 Å². The van der Waals surface area contributed by atoms with Crippen LogP contribution < -0.4 is 5.32 Å². The molecule has 1 aromatic heterocycles. The highest BCUT2D eigenvalue weighted by Crippen LogP contribution is 2.39. The Morgan fingerprint density at radius 1 is 1.28 bits per heavy atom. The third-order valence-corrected chi connectivity index (χ3v) is 4.93. The molecule has 5 nitrogen and oxygen atoms in total. The molecule has 0 bridgehead atoms. The van der Waals surface area contributed by atoms with Gasteiger partial charge in [-0.2, -0.15) is 13.2 Å². The molecule has 0 unspecified atom stereocenters. The molecule has 2 aromatic rings. The van der Waals surface area contributed by atoms with Crippen LogP contribution in [-0.2, 0) is 11.0 Å². The average Bonchev–Trinajstić information content (AvgIpc) is 3.31. The van der Waals surface area contributed by atoms with E-state index in [9.17, 15) is 18.0 Å². The van der Waals surface area contributed by atoms with Gasteiger partial charge in [0.15, 0.2) is 5.16 Å². The van der Waals surface area contributed by atoms with Crippen molar-refractivity contribution >= 4 is 23.4 Å². The number of halogens is 3. The number of alkyl halides is 3. The third-order valence-electron chi connectivity index (χ3n) is 3.88. The summed E-state index contributed by atoms with van der Waals surface area (Å²) >= 11 is 1.29. The van der Waals surface area contributed by atoms with Crippen LogP contribution in [0.15, 0.2) is 29.4 Å². The van der Waals surface area contributed by atoms with Gasteiger partial charge in [0.25, 0.3) is 0 Å². The van der Waals surface area contributed by atoms with Crippen LogP contribution in [0.4, 0.5) is 18.9 Å². The number of aryl methyl sites for hydroxylation is 1. The van der Waals surface area contributed by atoms with Gasteiger partial charge < -0.3 is 9.88 Å². The Morgan fingerprint density at radius 3 is 2.48 bits per heavy atom.